The van der Waals surface area contributed by atoms with Gasteiger partial charge in [-0.15, -0.1) is 0 Å². The Hall–Kier alpha value is -1.82. The normalized spacial score (nSPS) is 21.5. The number of nitriles is 1. The predicted octanol–water partition coefficient (Wildman–Crippen LogP) is 4.32. The van der Waals surface area contributed by atoms with Crippen LogP contribution >= 0.6 is 0 Å². The van der Waals surface area contributed by atoms with Crippen molar-refractivity contribution in [1.82, 2.24) is 0 Å². The summed E-state index contributed by atoms with van der Waals surface area (Å²) < 4.78 is 5.53. The number of nitrogens with zero attached hydrogens (tertiary/aromatic N) is 1. The first-order valence-corrected chi connectivity index (χ1v) is 7.92. The maximum absolute atomic E-state index is 11.6. The van der Waals surface area contributed by atoms with Crippen molar-refractivity contribution < 1.29 is 9.53 Å². The first-order chi connectivity index (χ1) is 10.2. The molecular formula is C18H23NO2. The van der Waals surface area contributed by atoms with Crippen molar-refractivity contribution in [2.75, 3.05) is 0 Å². The molecule has 0 bridgehead atoms. The molecule has 0 amide bonds. The number of esters is 1. The lowest BCUT2D eigenvalue weighted by Gasteiger charge is -2.28. The average molecular weight is 285 g/mol. The molecule has 1 aliphatic carbocycles. The number of carbonyl (C=O) groups excluding carboxylic acids is 1. The molecule has 0 spiro atoms. The zero-order chi connectivity index (χ0) is 15.1. The van der Waals surface area contributed by atoms with Crippen LogP contribution in [0.4, 0.5) is 0 Å². The maximum atomic E-state index is 11.6. The van der Waals surface area contributed by atoms with Gasteiger partial charge >= 0.3 is 5.97 Å². The van der Waals surface area contributed by atoms with E-state index in [-0.39, 0.29) is 12.1 Å². The topological polar surface area (TPSA) is 50.1 Å². The first-order valence-electron chi connectivity index (χ1n) is 7.92. The molecule has 3 nitrogen and oxygen atoms in total. The predicted molar refractivity (Wildman–Crippen MR) is 81.8 cm³/mol. The molecule has 3 heteroatoms. The Morgan fingerprint density at radius 1 is 1.24 bits per heavy atom. The lowest BCUT2D eigenvalue weighted by atomic mass is 9.82. The molecule has 1 aromatic rings. The summed E-state index contributed by atoms with van der Waals surface area (Å²) >= 11 is 0. The number of hydrogen-bond donors (Lipinski definition) is 0. The molecule has 0 aliphatic heterocycles. The zero-order valence-corrected chi connectivity index (χ0v) is 12.7. The molecule has 1 fully saturated rings. The molecule has 112 valence electrons. The van der Waals surface area contributed by atoms with Crippen LogP contribution in [0.3, 0.4) is 0 Å². The van der Waals surface area contributed by atoms with Gasteiger partial charge in [0.1, 0.15) is 6.10 Å². The summed E-state index contributed by atoms with van der Waals surface area (Å²) in [5.41, 5.74) is 2.00. The molecule has 1 aromatic carbocycles. The van der Waals surface area contributed by atoms with Gasteiger partial charge in [0, 0.05) is 6.42 Å². The molecule has 0 aromatic heterocycles. The van der Waals surface area contributed by atoms with Crippen molar-refractivity contribution in [2.24, 2.45) is 0 Å². The molecule has 1 aliphatic rings. The van der Waals surface area contributed by atoms with E-state index in [0.29, 0.717) is 17.9 Å². The van der Waals surface area contributed by atoms with E-state index in [9.17, 15) is 4.79 Å². The SMILES string of the molecule is CCCCC(=O)OC1CCC(c2ccc(C#N)cc2)CC1. The Bertz CT molecular complexity index is 493. The standard InChI is InChI=1S/C18H23NO2/c1-2-3-4-18(20)21-17-11-9-16(10-12-17)15-7-5-14(13-19)6-8-15/h5-8,16-17H,2-4,9-12H2,1H3. The summed E-state index contributed by atoms with van der Waals surface area (Å²) in [5, 5.41) is 8.82. The minimum atomic E-state index is -0.0429. The molecule has 0 saturated heterocycles. The van der Waals surface area contributed by atoms with E-state index in [1.165, 1.54) is 5.56 Å². The Kier molecular flexibility index (Phi) is 5.80. The Balaban J connectivity index is 1.80. The van der Waals surface area contributed by atoms with Gasteiger partial charge in [-0.2, -0.15) is 5.26 Å². The largest absolute Gasteiger partial charge is 0.462 e. The van der Waals surface area contributed by atoms with Crippen molar-refractivity contribution in [1.29, 1.82) is 5.26 Å². The van der Waals surface area contributed by atoms with E-state index < -0.39 is 0 Å². The van der Waals surface area contributed by atoms with Crippen molar-refractivity contribution in [3.63, 3.8) is 0 Å². The second kappa shape index (κ2) is 7.83. The van der Waals surface area contributed by atoms with E-state index in [4.69, 9.17) is 10.00 Å². The van der Waals surface area contributed by atoms with Gasteiger partial charge in [0.15, 0.2) is 0 Å². The van der Waals surface area contributed by atoms with Crippen LogP contribution in [0.15, 0.2) is 24.3 Å². The maximum Gasteiger partial charge on any atom is 0.306 e. The van der Waals surface area contributed by atoms with Crippen LogP contribution in [-0.2, 0) is 9.53 Å². The average Bonchev–Trinajstić information content (AvgIpc) is 2.54. The summed E-state index contributed by atoms with van der Waals surface area (Å²) in [4.78, 5) is 11.6. The molecule has 0 unspecified atom stereocenters. The summed E-state index contributed by atoms with van der Waals surface area (Å²) in [5.74, 6) is 0.488. The van der Waals surface area contributed by atoms with Crippen LogP contribution in [0.25, 0.3) is 0 Å². The van der Waals surface area contributed by atoms with Crippen LogP contribution in [0.5, 0.6) is 0 Å². The van der Waals surface area contributed by atoms with Crippen molar-refractivity contribution in [2.45, 2.75) is 63.9 Å². The summed E-state index contributed by atoms with van der Waals surface area (Å²) in [7, 11) is 0. The number of unbranched alkanes of at least 4 members (excludes halogenated alkanes) is 1. The second-order valence-corrected chi connectivity index (χ2v) is 5.80. The van der Waals surface area contributed by atoms with Crippen molar-refractivity contribution >= 4 is 5.97 Å². The minimum absolute atomic E-state index is 0.0429. The van der Waals surface area contributed by atoms with E-state index in [0.717, 1.165) is 38.5 Å². The zero-order valence-electron chi connectivity index (χ0n) is 12.7. The molecular weight excluding hydrogens is 262 g/mol. The van der Waals surface area contributed by atoms with Crippen molar-refractivity contribution in [3.05, 3.63) is 35.4 Å². The minimum Gasteiger partial charge on any atom is -0.462 e. The molecule has 2 rings (SSSR count). The number of rotatable bonds is 5. The van der Waals surface area contributed by atoms with Gasteiger partial charge in [0.05, 0.1) is 11.6 Å². The van der Waals surface area contributed by atoms with E-state index in [2.05, 4.69) is 25.1 Å². The molecule has 0 radical (unpaired) electrons. The Morgan fingerprint density at radius 3 is 2.48 bits per heavy atom. The third-order valence-corrected chi connectivity index (χ3v) is 4.22. The highest BCUT2D eigenvalue weighted by Crippen LogP contribution is 2.34. The number of ether oxygens (including phenoxy) is 1. The third-order valence-electron chi connectivity index (χ3n) is 4.22. The molecule has 1 saturated carbocycles. The first kappa shape index (κ1) is 15.6. The number of carbonyl (C=O) groups is 1. The highest BCUT2D eigenvalue weighted by atomic mass is 16.5. The fraction of sp³-hybridized carbons (Fsp3) is 0.556. The van der Waals surface area contributed by atoms with Crippen LogP contribution < -0.4 is 0 Å². The number of benzene rings is 1. The fourth-order valence-electron chi connectivity index (χ4n) is 2.91. The van der Waals surface area contributed by atoms with Crippen LogP contribution in [-0.4, -0.2) is 12.1 Å². The Labute approximate surface area is 126 Å². The van der Waals surface area contributed by atoms with E-state index >= 15 is 0 Å². The quantitative estimate of drug-likeness (QED) is 0.757. The van der Waals surface area contributed by atoms with Gasteiger partial charge < -0.3 is 4.74 Å². The lowest BCUT2D eigenvalue weighted by molar-refractivity contribution is -0.150. The van der Waals surface area contributed by atoms with Gasteiger partial charge in [0.2, 0.25) is 0 Å². The van der Waals surface area contributed by atoms with Crippen LogP contribution in [0, 0.1) is 11.3 Å². The van der Waals surface area contributed by atoms with Gasteiger partial charge in [0.25, 0.3) is 0 Å². The van der Waals surface area contributed by atoms with Gasteiger partial charge in [-0.1, -0.05) is 25.5 Å². The van der Waals surface area contributed by atoms with Gasteiger partial charge in [-0.3, -0.25) is 4.79 Å². The molecule has 0 N–H and O–H groups in total. The summed E-state index contributed by atoms with van der Waals surface area (Å²) in [6, 6.07) is 10.0. The smallest absolute Gasteiger partial charge is 0.306 e. The monoisotopic (exact) mass is 285 g/mol. The molecule has 0 atom stereocenters. The Morgan fingerprint density at radius 2 is 1.90 bits per heavy atom. The molecule has 21 heavy (non-hydrogen) atoms. The second-order valence-electron chi connectivity index (χ2n) is 5.80. The summed E-state index contributed by atoms with van der Waals surface area (Å²) in [6.07, 6.45) is 6.59. The van der Waals surface area contributed by atoms with Gasteiger partial charge in [-0.25, -0.2) is 0 Å². The summed E-state index contributed by atoms with van der Waals surface area (Å²) in [6.45, 7) is 2.08. The van der Waals surface area contributed by atoms with E-state index in [1.54, 1.807) is 0 Å². The highest BCUT2D eigenvalue weighted by Gasteiger charge is 2.24. The van der Waals surface area contributed by atoms with E-state index in [1.807, 2.05) is 12.1 Å². The van der Waals surface area contributed by atoms with Crippen LogP contribution in [0.2, 0.25) is 0 Å². The third kappa shape index (κ3) is 4.60. The lowest BCUT2D eigenvalue weighted by Crippen LogP contribution is -2.23. The fourth-order valence-corrected chi connectivity index (χ4v) is 2.91. The molecule has 0 heterocycles. The van der Waals surface area contributed by atoms with Crippen LogP contribution in [0.1, 0.15) is 68.9 Å². The number of hydrogen-bond acceptors (Lipinski definition) is 3. The van der Waals surface area contributed by atoms with Gasteiger partial charge in [-0.05, 0) is 55.7 Å². The van der Waals surface area contributed by atoms with Crippen molar-refractivity contribution in [3.8, 4) is 6.07 Å². The highest BCUT2D eigenvalue weighted by molar-refractivity contribution is 5.69.